The monoisotopic (exact) mass is 331 g/mol. The van der Waals surface area contributed by atoms with E-state index in [-0.39, 0.29) is 17.9 Å². The second kappa shape index (κ2) is 7.21. The maximum atomic E-state index is 13.0. The van der Waals surface area contributed by atoms with Gasteiger partial charge >= 0.3 is 0 Å². The molecule has 24 heavy (non-hydrogen) atoms. The molecule has 0 unspecified atom stereocenters. The van der Waals surface area contributed by atoms with Crippen molar-refractivity contribution in [3.8, 4) is 0 Å². The smallest absolute Gasteiger partial charge is 0.293 e. The van der Waals surface area contributed by atoms with Gasteiger partial charge in [-0.15, -0.1) is 0 Å². The van der Waals surface area contributed by atoms with E-state index in [0.717, 1.165) is 37.4 Å². The summed E-state index contributed by atoms with van der Waals surface area (Å²) in [6, 6.07) is 5.69. The number of likely N-dealkylation sites (tertiary alicyclic amines) is 1. The molecule has 0 saturated carbocycles. The lowest BCUT2D eigenvalue weighted by Gasteiger charge is -2.36. The topological polar surface area (TPSA) is 62.7 Å². The van der Waals surface area contributed by atoms with E-state index in [1.807, 2.05) is 30.9 Å². The molecule has 3 heterocycles. The molecule has 1 aliphatic heterocycles. The standard InChI is InChI=1S/C18H25N3O3/c1-13(2)16-11-17(24-19-16)18(22)21(12-15-5-4-10-23-15)14-6-8-20(3)9-7-14/h4-5,10-11,13-14H,6-9,12H2,1-3H3. The summed E-state index contributed by atoms with van der Waals surface area (Å²) in [6.45, 7) is 6.49. The van der Waals surface area contributed by atoms with Crippen molar-refractivity contribution in [2.24, 2.45) is 0 Å². The molecule has 0 aliphatic carbocycles. The van der Waals surface area contributed by atoms with Crippen molar-refractivity contribution in [1.82, 2.24) is 15.0 Å². The predicted octanol–water partition coefficient (Wildman–Crippen LogP) is 3.13. The maximum absolute atomic E-state index is 13.0. The average molecular weight is 331 g/mol. The molecule has 1 aliphatic rings. The lowest BCUT2D eigenvalue weighted by atomic mass is 10.0. The van der Waals surface area contributed by atoms with Crippen molar-refractivity contribution in [1.29, 1.82) is 0 Å². The number of furan rings is 1. The van der Waals surface area contributed by atoms with Crippen LogP contribution in [0.1, 0.15) is 54.6 Å². The van der Waals surface area contributed by atoms with E-state index in [1.165, 1.54) is 0 Å². The van der Waals surface area contributed by atoms with E-state index >= 15 is 0 Å². The first-order valence-corrected chi connectivity index (χ1v) is 8.53. The molecular weight excluding hydrogens is 306 g/mol. The van der Waals surface area contributed by atoms with Crippen molar-refractivity contribution >= 4 is 5.91 Å². The van der Waals surface area contributed by atoms with Gasteiger partial charge in [-0.25, -0.2) is 0 Å². The first kappa shape index (κ1) is 16.8. The van der Waals surface area contributed by atoms with Crippen LogP contribution < -0.4 is 0 Å². The van der Waals surface area contributed by atoms with Crippen LogP contribution in [0, 0.1) is 0 Å². The fraction of sp³-hybridized carbons (Fsp3) is 0.556. The zero-order valence-electron chi connectivity index (χ0n) is 14.6. The Bertz CT molecular complexity index is 655. The molecule has 0 bridgehead atoms. The van der Waals surface area contributed by atoms with Crippen LogP contribution in [0.25, 0.3) is 0 Å². The minimum absolute atomic E-state index is 0.111. The van der Waals surface area contributed by atoms with Gasteiger partial charge in [-0.3, -0.25) is 4.79 Å². The summed E-state index contributed by atoms with van der Waals surface area (Å²) in [5.74, 6) is 1.22. The predicted molar refractivity (Wildman–Crippen MR) is 89.7 cm³/mol. The maximum Gasteiger partial charge on any atom is 0.293 e. The van der Waals surface area contributed by atoms with Gasteiger partial charge in [0.1, 0.15) is 5.76 Å². The summed E-state index contributed by atoms with van der Waals surface area (Å²) in [7, 11) is 2.11. The van der Waals surface area contributed by atoms with Crippen LogP contribution >= 0.6 is 0 Å². The normalized spacial score (nSPS) is 16.7. The highest BCUT2D eigenvalue weighted by Gasteiger charge is 2.30. The van der Waals surface area contributed by atoms with E-state index in [9.17, 15) is 4.79 Å². The molecule has 3 rings (SSSR count). The zero-order valence-corrected chi connectivity index (χ0v) is 14.6. The van der Waals surface area contributed by atoms with Gasteiger partial charge in [0, 0.05) is 12.1 Å². The number of carbonyl (C=O) groups is 1. The second-order valence-electron chi connectivity index (χ2n) is 6.82. The molecule has 1 amide bonds. The number of hydrogen-bond donors (Lipinski definition) is 0. The molecular formula is C18H25N3O3. The Kier molecular flexibility index (Phi) is 5.04. The lowest BCUT2D eigenvalue weighted by Crippen LogP contribution is -2.46. The largest absolute Gasteiger partial charge is 0.467 e. The molecule has 0 spiro atoms. The number of carbonyl (C=O) groups excluding carboxylic acids is 1. The zero-order chi connectivity index (χ0) is 17.1. The third kappa shape index (κ3) is 3.70. The summed E-state index contributed by atoms with van der Waals surface area (Å²) >= 11 is 0. The Balaban J connectivity index is 1.80. The molecule has 1 saturated heterocycles. The number of rotatable bonds is 5. The Hall–Kier alpha value is -2.08. The van der Waals surface area contributed by atoms with Crippen LogP contribution in [0.5, 0.6) is 0 Å². The summed E-state index contributed by atoms with van der Waals surface area (Å²) in [4.78, 5) is 17.2. The van der Waals surface area contributed by atoms with Crippen LogP contribution in [0.2, 0.25) is 0 Å². The van der Waals surface area contributed by atoms with Gasteiger partial charge in [0.15, 0.2) is 0 Å². The van der Waals surface area contributed by atoms with Gasteiger partial charge in [0.05, 0.1) is 18.5 Å². The molecule has 0 N–H and O–H groups in total. The number of hydrogen-bond acceptors (Lipinski definition) is 5. The van der Waals surface area contributed by atoms with Crippen LogP contribution in [0.15, 0.2) is 33.4 Å². The number of amides is 1. The minimum Gasteiger partial charge on any atom is -0.467 e. The summed E-state index contributed by atoms with van der Waals surface area (Å²) < 4.78 is 10.8. The van der Waals surface area contributed by atoms with Crippen molar-refractivity contribution in [2.45, 2.75) is 45.2 Å². The van der Waals surface area contributed by atoms with Gasteiger partial charge < -0.3 is 18.7 Å². The van der Waals surface area contributed by atoms with Crippen LogP contribution in [0.3, 0.4) is 0 Å². The van der Waals surface area contributed by atoms with Crippen molar-refractivity contribution in [2.75, 3.05) is 20.1 Å². The van der Waals surface area contributed by atoms with Gasteiger partial charge in [-0.2, -0.15) is 0 Å². The third-order valence-electron chi connectivity index (χ3n) is 4.63. The van der Waals surface area contributed by atoms with Crippen molar-refractivity contribution in [3.63, 3.8) is 0 Å². The van der Waals surface area contributed by atoms with E-state index in [2.05, 4.69) is 17.1 Å². The Labute approximate surface area is 142 Å². The molecule has 2 aromatic heterocycles. The van der Waals surface area contributed by atoms with Crippen LogP contribution in [-0.2, 0) is 6.54 Å². The first-order chi connectivity index (χ1) is 11.5. The molecule has 0 aromatic carbocycles. The van der Waals surface area contributed by atoms with Crippen molar-refractivity contribution in [3.05, 3.63) is 41.7 Å². The van der Waals surface area contributed by atoms with Gasteiger partial charge in [-0.1, -0.05) is 19.0 Å². The summed E-state index contributed by atoms with van der Waals surface area (Å²) in [6.07, 6.45) is 3.54. The number of aromatic nitrogens is 1. The quantitative estimate of drug-likeness (QED) is 0.842. The fourth-order valence-corrected chi connectivity index (χ4v) is 3.05. The SMILES string of the molecule is CC(C)c1cc(C(=O)N(Cc2ccco2)C2CCN(C)CC2)on1. The second-order valence-corrected chi connectivity index (χ2v) is 6.82. The molecule has 1 fully saturated rings. The van der Waals surface area contributed by atoms with E-state index in [4.69, 9.17) is 8.94 Å². The number of piperidine rings is 1. The van der Waals surface area contributed by atoms with Crippen LogP contribution in [0.4, 0.5) is 0 Å². The number of nitrogens with zero attached hydrogens (tertiary/aromatic N) is 3. The highest BCUT2D eigenvalue weighted by Crippen LogP contribution is 2.23. The van der Waals surface area contributed by atoms with E-state index in [0.29, 0.717) is 12.3 Å². The molecule has 130 valence electrons. The highest BCUT2D eigenvalue weighted by atomic mass is 16.5. The minimum atomic E-state index is -0.111. The van der Waals surface area contributed by atoms with Gasteiger partial charge in [-0.05, 0) is 51.0 Å². The Morgan fingerprint density at radius 3 is 2.75 bits per heavy atom. The first-order valence-electron chi connectivity index (χ1n) is 8.53. The average Bonchev–Trinajstić information content (AvgIpc) is 3.24. The summed E-state index contributed by atoms with van der Waals surface area (Å²) in [5, 5.41) is 4.02. The third-order valence-corrected chi connectivity index (χ3v) is 4.63. The fourth-order valence-electron chi connectivity index (χ4n) is 3.05. The lowest BCUT2D eigenvalue weighted by molar-refractivity contribution is 0.0510. The molecule has 6 heteroatoms. The molecule has 6 nitrogen and oxygen atoms in total. The highest BCUT2D eigenvalue weighted by molar-refractivity contribution is 5.91. The molecule has 2 aromatic rings. The Morgan fingerprint density at radius 1 is 1.42 bits per heavy atom. The van der Waals surface area contributed by atoms with E-state index in [1.54, 1.807) is 12.3 Å². The molecule has 0 atom stereocenters. The summed E-state index contributed by atoms with van der Waals surface area (Å²) in [5.41, 5.74) is 0.805. The van der Waals surface area contributed by atoms with Gasteiger partial charge in [0.2, 0.25) is 5.76 Å². The van der Waals surface area contributed by atoms with Gasteiger partial charge in [0.25, 0.3) is 5.91 Å². The Morgan fingerprint density at radius 2 is 2.17 bits per heavy atom. The van der Waals surface area contributed by atoms with Crippen LogP contribution in [-0.4, -0.2) is 47.0 Å². The van der Waals surface area contributed by atoms with E-state index < -0.39 is 0 Å². The van der Waals surface area contributed by atoms with Crippen molar-refractivity contribution < 1.29 is 13.7 Å². The molecule has 0 radical (unpaired) electrons.